The lowest BCUT2D eigenvalue weighted by molar-refractivity contribution is -0.162. The highest BCUT2D eigenvalue weighted by Gasteiger charge is 2.51. The van der Waals surface area contributed by atoms with Gasteiger partial charge >= 0.3 is 0 Å². The van der Waals surface area contributed by atoms with Crippen LogP contribution >= 0.6 is 0 Å². The zero-order valence-electron chi connectivity index (χ0n) is 14.4. The first-order chi connectivity index (χ1) is 11.0. The number of ether oxygens (including phenoxy) is 2. The predicted octanol–water partition coefficient (Wildman–Crippen LogP) is 2.86. The smallest absolute Gasteiger partial charge is 0.237 e. The van der Waals surface area contributed by atoms with E-state index in [4.69, 9.17) is 9.47 Å². The number of benzene rings is 1. The number of carbonyl (C=O) groups is 1. The van der Waals surface area contributed by atoms with Crippen molar-refractivity contribution in [2.24, 2.45) is 11.8 Å². The van der Waals surface area contributed by atoms with E-state index >= 15 is 0 Å². The number of likely N-dealkylation sites (tertiary alicyclic amines) is 1. The number of amides is 1. The molecule has 2 fully saturated rings. The van der Waals surface area contributed by atoms with Crippen molar-refractivity contribution in [3.8, 4) is 5.75 Å². The van der Waals surface area contributed by atoms with Gasteiger partial charge in [-0.05, 0) is 36.0 Å². The second kappa shape index (κ2) is 6.52. The third-order valence-electron chi connectivity index (χ3n) is 4.83. The topological polar surface area (TPSA) is 38.8 Å². The SMILES string of the molecule is CC(C)CCOc1ccc(C2(C(=O)N3CC(C)C3)COC2)cc1. The summed E-state index contributed by atoms with van der Waals surface area (Å²) in [6.45, 7) is 10.0. The fraction of sp³-hybridized carbons (Fsp3) is 0.632. The summed E-state index contributed by atoms with van der Waals surface area (Å²) in [6.07, 6.45) is 1.05. The molecule has 126 valence electrons. The van der Waals surface area contributed by atoms with Gasteiger partial charge in [0.15, 0.2) is 0 Å². The molecule has 2 heterocycles. The van der Waals surface area contributed by atoms with E-state index in [1.807, 2.05) is 29.2 Å². The lowest BCUT2D eigenvalue weighted by Crippen LogP contribution is -2.63. The maximum atomic E-state index is 12.8. The van der Waals surface area contributed by atoms with Crippen LogP contribution in [-0.4, -0.2) is 43.7 Å². The Kier molecular flexibility index (Phi) is 4.62. The molecule has 0 radical (unpaired) electrons. The molecule has 1 aromatic carbocycles. The summed E-state index contributed by atoms with van der Waals surface area (Å²) in [5, 5.41) is 0. The van der Waals surface area contributed by atoms with E-state index in [-0.39, 0.29) is 5.91 Å². The maximum Gasteiger partial charge on any atom is 0.237 e. The number of hydrogen-bond donors (Lipinski definition) is 0. The van der Waals surface area contributed by atoms with Crippen molar-refractivity contribution in [1.82, 2.24) is 4.90 Å². The Bertz CT molecular complexity index is 542. The van der Waals surface area contributed by atoms with Gasteiger partial charge in [-0.1, -0.05) is 32.9 Å². The van der Waals surface area contributed by atoms with Crippen molar-refractivity contribution in [2.75, 3.05) is 32.9 Å². The first-order valence-corrected chi connectivity index (χ1v) is 8.62. The Labute approximate surface area is 138 Å². The molecular weight excluding hydrogens is 290 g/mol. The summed E-state index contributed by atoms with van der Waals surface area (Å²) in [5.74, 6) is 2.35. The van der Waals surface area contributed by atoms with E-state index < -0.39 is 5.41 Å². The quantitative estimate of drug-likeness (QED) is 0.810. The van der Waals surface area contributed by atoms with Crippen molar-refractivity contribution in [1.29, 1.82) is 0 Å². The molecule has 3 rings (SSSR count). The Morgan fingerprint density at radius 3 is 2.43 bits per heavy atom. The Hall–Kier alpha value is -1.55. The van der Waals surface area contributed by atoms with Crippen LogP contribution < -0.4 is 4.74 Å². The van der Waals surface area contributed by atoms with Crippen molar-refractivity contribution >= 4 is 5.91 Å². The third-order valence-corrected chi connectivity index (χ3v) is 4.83. The molecule has 0 saturated carbocycles. The molecule has 23 heavy (non-hydrogen) atoms. The lowest BCUT2D eigenvalue weighted by atomic mass is 9.76. The highest BCUT2D eigenvalue weighted by Crippen LogP contribution is 2.37. The van der Waals surface area contributed by atoms with E-state index in [9.17, 15) is 4.79 Å². The zero-order chi connectivity index (χ0) is 16.4. The zero-order valence-corrected chi connectivity index (χ0v) is 14.4. The van der Waals surface area contributed by atoms with Crippen LogP contribution in [0.3, 0.4) is 0 Å². The highest BCUT2D eigenvalue weighted by molar-refractivity contribution is 5.90. The number of hydrogen-bond acceptors (Lipinski definition) is 3. The molecule has 1 aromatic rings. The highest BCUT2D eigenvalue weighted by atomic mass is 16.5. The average Bonchev–Trinajstić information content (AvgIpc) is 2.44. The molecule has 0 atom stereocenters. The Balaban J connectivity index is 1.66. The van der Waals surface area contributed by atoms with Crippen LogP contribution in [0.4, 0.5) is 0 Å². The molecular formula is C19H27NO3. The van der Waals surface area contributed by atoms with Gasteiger partial charge in [-0.2, -0.15) is 0 Å². The molecule has 2 saturated heterocycles. The van der Waals surface area contributed by atoms with E-state index in [0.717, 1.165) is 37.4 Å². The van der Waals surface area contributed by atoms with E-state index in [0.29, 0.717) is 25.0 Å². The monoisotopic (exact) mass is 317 g/mol. The standard InChI is InChI=1S/C19H27NO3/c1-14(2)8-9-23-17-6-4-16(5-7-17)19(12-22-13-19)18(21)20-10-15(3)11-20/h4-7,14-15H,8-13H2,1-3H3. The summed E-state index contributed by atoms with van der Waals surface area (Å²) in [6, 6.07) is 7.99. The second-order valence-corrected chi connectivity index (χ2v) is 7.45. The van der Waals surface area contributed by atoms with Gasteiger partial charge in [0.1, 0.15) is 11.2 Å². The van der Waals surface area contributed by atoms with Crippen LogP contribution in [-0.2, 0) is 14.9 Å². The fourth-order valence-electron chi connectivity index (χ4n) is 3.17. The van der Waals surface area contributed by atoms with Gasteiger partial charge in [0.2, 0.25) is 5.91 Å². The summed E-state index contributed by atoms with van der Waals surface area (Å²) in [7, 11) is 0. The van der Waals surface area contributed by atoms with Crippen LogP contribution in [0.1, 0.15) is 32.8 Å². The summed E-state index contributed by atoms with van der Waals surface area (Å²) in [5.41, 5.74) is 0.570. The molecule has 4 heteroatoms. The molecule has 0 bridgehead atoms. The molecule has 0 aromatic heterocycles. The number of carbonyl (C=O) groups excluding carboxylic acids is 1. The van der Waals surface area contributed by atoms with Gasteiger partial charge in [0, 0.05) is 13.1 Å². The summed E-state index contributed by atoms with van der Waals surface area (Å²) < 4.78 is 11.2. The van der Waals surface area contributed by atoms with E-state index in [2.05, 4.69) is 20.8 Å². The summed E-state index contributed by atoms with van der Waals surface area (Å²) >= 11 is 0. The molecule has 2 aliphatic heterocycles. The number of rotatable bonds is 6. The minimum Gasteiger partial charge on any atom is -0.494 e. The first-order valence-electron chi connectivity index (χ1n) is 8.62. The second-order valence-electron chi connectivity index (χ2n) is 7.45. The molecule has 4 nitrogen and oxygen atoms in total. The average molecular weight is 317 g/mol. The van der Waals surface area contributed by atoms with Crippen LogP contribution in [0, 0.1) is 11.8 Å². The Morgan fingerprint density at radius 1 is 1.30 bits per heavy atom. The molecule has 0 N–H and O–H groups in total. The molecule has 0 unspecified atom stereocenters. The minimum atomic E-state index is -0.476. The molecule has 0 aliphatic carbocycles. The Morgan fingerprint density at radius 2 is 1.96 bits per heavy atom. The fourth-order valence-corrected chi connectivity index (χ4v) is 3.17. The molecule has 2 aliphatic rings. The number of nitrogens with zero attached hydrogens (tertiary/aromatic N) is 1. The van der Waals surface area contributed by atoms with Crippen LogP contribution in [0.15, 0.2) is 24.3 Å². The molecule has 1 amide bonds. The lowest BCUT2D eigenvalue weighted by Gasteiger charge is -2.47. The molecule has 0 spiro atoms. The van der Waals surface area contributed by atoms with E-state index in [1.165, 1.54) is 0 Å². The normalized spacial score (nSPS) is 20.1. The van der Waals surface area contributed by atoms with Gasteiger partial charge in [-0.3, -0.25) is 4.79 Å². The van der Waals surface area contributed by atoms with Gasteiger partial charge in [0.25, 0.3) is 0 Å². The van der Waals surface area contributed by atoms with Gasteiger partial charge < -0.3 is 14.4 Å². The minimum absolute atomic E-state index is 0.218. The maximum absolute atomic E-state index is 12.8. The van der Waals surface area contributed by atoms with Crippen LogP contribution in [0.5, 0.6) is 5.75 Å². The van der Waals surface area contributed by atoms with Crippen LogP contribution in [0.2, 0.25) is 0 Å². The van der Waals surface area contributed by atoms with Crippen molar-refractivity contribution < 1.29 is 14.3 Å². The van der Waals surface area contributed by atoms with E-state index in [1.54, 1.807) is 0 Å². The third kappa shape index (κ3) is 3.23. The van der Waals surface area contributed by atoms with Crippen molar-refractivity contribution in [3.05, 3.63) is 29.8 Å². The van der Waals surface area contributed by atoms with Gasteiger partial charge in [-0.25, -0.2) is 0 Å². The van der Waals surface area contributed by atoms with Crippen LogP contribution in [0.25, 0.3) is 0 Å². The van der Waals surface area contributed by atoms with Gasteiger partial charge in [0.05, 0.1) is 19.8 Å². The predicted molar refractivity (Wildman–Crippen MR) is 89.6 cm³/mol. The first kappa shape index (κ1) is 16.3. The van der Waals surface area contributed by atoms with Gasteiger partial charge in [-0.15, -0.1) is 0 Å². The summed E-state index contributed by atoms with van der Waals surface area (Å²) in [4.78, 5) is 14.8. The largest absolute Gasteiger partial charge is 0.494 e. The van der Waals surface area contributed by atoms with Crippen molar-refractivity contribution in [2.45, 2.75) is 32.6 Å². The van der Waals surface area contributed by atoms with Crippen molar-refractivity contribution in [3.63, 3.8) is 0 Å².